The van der Waals surface area contributed by atoms with Crippen molar-refractivity contribution in [2.45, 2.75) is 6.18 Å². The SMILES string of the molecule is CN(OCC(F)(F)F)C(=O)c1ccccn1. The van der Waals surface area contributed by atoms with E-state index in [-0.39, 0.29) is 5.69 Å². The molecular weight excluding hydrogens is 225 g/mol. The number of alkyl halides is 3. The fraction of sp³-hybridized carbons (Fsp3) is 0.333. The van der Waals surface area contributed by atoms with Gasteiger partial charge < -0.3 is 0 Å². The van der Waals surface area contributed by atoms with Gasteiger partial charge in [-0.25, -0.2) is 5.06 Å². The number of rotatable bonds is 3. The van der Waals surface area contributed by atoms with E-state index in [2.05, 4.69) is 9.82 Å². The summed E-state index contributed by atoms with van der Waals surface area (Å²) in [7, 11) is 1.10. The Kier molecular flexibility index (Phi) is 3.83. The Labute approximate surface area is 89.6 Å². The van der Waals surface area contributed by atoms with Gasteiger partial charge in [0, 0.05) is 13.2 Å². The van der Waals surface area contributed by atoms with Gasteiger partial charge in [0.05, 0.1) is 0 Å². The molecule has 0 aliphatic heterocycles. The Morgan fingerprint density at radius 2 is 2.19 bits per heavy atom. The number of amides is 1. The summed E-state index contributed by atoms with van der Waals surface area (Å²) in [4.78, 5) is 19.4. The van der Waals surface area contributed by atoms with Crippen LogP contribution in [-0.4, -0.2) is 35.8 Å². The zero-order valence-corrected chi connectivity index (χ0v) is 8.36. The average molecular weight is 234 g/mol. The van der Waals surface area contributed by atoms with Crippen LogP contribution < -0.4 is 0 Å². The van der Waals surface area contributed by atoms with Crippen molar-refractivity contribution in [3.05, 3.63) is 30.1 Å². The summed E-state index contributed by atoms with van der Waals surface area (Å²) in [6.07, 6.45) is -3.11. The molecule has 88 valence electrons. The van der Waals surface area contributed by atoms with Crippen LogP contribution in [0.3, 0.4) is 0 Å². The van der Waals surface area contributed by atoms with E-state index in [1.165, 1.54) is 12.3 Å². The van der Waals surface area contributed by atoms with Gasteiger partial charge in [-0.3, -0.25) is 14.6 Å². The monoisotopic (exact) mass is 234 g/mol. The number of halogens is 3. The quantitative estimate of drug-likeness (QED) is 0.747. The van der Waals surface area contributed by atoms with Crippen LogP contribution in [0.4, 0.5) is 13.2 Å². The molecule has 0 saturated heterocycles. The third kappa shape index (κ3) is 3.85. The molecule has 1 amide bonds. The first kappa shape index (κ1) is 12.4. The Bertz CT molecular complexity index is 354. The molecule has 1 rings (SSSR count). The van der Waals surface area contributed by atoms with Gasteiger partial charge in [-0.2, -0.15) is 13.2 Å². The maximum absolute atomic E-state index is 11.8. The predicted octanol–water partition coefficient (Wildman–Crippen LogP) is 1.65. The van der Waals surface area contributed by atoms with Crippen LogP contribution in [0, 0.1) is 0 Å². The lowest BCUT2D eigenvalue weighted by Crippen LogP contribution is -2.32. The molecule has 16 heavy (non-hydrogen) atoms. The van der Waals surface area contributed by atoms with Gasteiger partial charge in [0.1, 0.15) is 5.69 Å². The van der Waals surface area contributed by atoms with Gasteiger partial charge in [0.25, 0.3) is 5.91 Å². The van der Waals surface area contributed by atoms with Crippen LogP contribution in [0.5, 0.6) is 0 Å². The topological polar surface area (TPSA) is 42.4 Å². The maximum atomic E-state index is 11.8. The van der Waals surface area contributed by atoms with Crippen molar-refractivity contribution in [2.24, 2.45) is 0 Å². The van der Waals surface area contributed by atoms with E-state index >= 15 is 0 Å². The lowest BCUT2D eigenvalue weighted by atomic mass is 10.3. The Balaban J connectivity index is 2.55. The fourth-order valence-electron chi connectivity index (χ4n) is 0.879. The molecule has 4 nitrogen and oxygen atoms in total. The maximum Gasteiger partial charge on any atom is 0.414 e. The summed E-state index contributed by atoms with van der Waals surface area (Å²) in [6.45, 7) is -1.51. The highest BCUT2D eigenvalue weighted by molar-refractivity contribution is 5.91. The molecule has 0 saturated carbocycles. The first-order chi connectivity index (χ1) is 7.40. The number of carbonyl (C=O) groups excluding carboxylic acids is 1. The summed E-state index contributed by atoms with van der Waals surface area (Å²) in [6, 6.07) is 4.53. The van der Waals surface area contributed by atoms with Crippen molar-refractivity contribution in [2.75, 3.05) is 13.7 Å². The molecular formula is C9H9F3N2O2. The highest BCUT2D eigenvalue weighted by Crippen LogP contribution is 2.15. The number of aromatic nitrogens is 1. The second kappa shape index (κ2) is 4.93. The lowest BCUT2D eigenvalue weighted by molar-refractivity contribution is -0.227. The van der Waals surface area contributed by atoms with Crippen LogP contribution in [0.2, 0.25) is 0 Å². The first-order valence-corrected chi connectivity index (χ1v) is 4.29. The lowest BCUT2D eigenvalue weighted by Gasteiger charge is -2.17. The normalized spacial score (nSPS) is 11.2. The van der Waals surface area contributed by atoms with Gasteiger partial charge in [-0.1, -0.05) is 6.07 Å². The van der Waals surface area contributed by atoms with Crippen molar-refractivity contribution in [3.63, 3.8) is 0 Å². The van der Waals surface area contributed by atoms with E-state index in [0.717, 1.165) is 7.05 Å². The molecule has 1 aromatic rings. The third-order valence-corrected chi connectivity index (χ3v) is 1.59. The van der Waals surface area contributed by atoms with Crippen molar-refractivity contribution < 1.29 is 22.8 Å². The van der Waals surface area contributed by atoms with Crippen LogP contribution >= 0.6 is 0 Å². The summed E-state index contributed by atoms with van der Waals surface area (Å²) in [5.74, 6) is -0.732. The Hall–Kier alpha value is -1.63. The van der Waals surface area contributed by atoms with Crippen molar-refractivity contribution >= 4 is 5.91 Å². The molecule has 0 unspecified atom stereocenters. The van der Waals surface area contributed by atoms with Gasteiger partial charge >= 0.3 is 6.18 Å². The van der Waals surface area contributed by atoms with E-state index in [0.29, 0.717) is 5.06 Å². The number of pyridine rings is 1. The highest BCUT2D eigenvalue weighted by Gasteiger charge is 2.29. The summed E-state index contributed by atoms with van der Waals surface area (Å²) < 4.78 is 35.4. The van der Waals surface area contributed by atoms with Crippen LogP contribution in [0.15, 0.2) is 24.4 Å². The summed E-state index contributed by atoms with van der Waals surface area (Å²) >= 11 is 0. The summed E-state index contributed by atoms with van der Waals surface area (Å²) in [5.41, 5.74) is 0.0205. The number of hydrogen-bond donors (Lipinski definition) is 0. The number of nitrogens with zero attached hydrogens (tertiary/aromatic N) is 2. The molecule has 0 N–H and O–H groups in total. The zero-order valence-electron chi connectivity index (χ0n) is 8.36. The highest BCUT2D eigenvalue weighted by atomic mass is 19.4. The van der Waals surface area contributed by atoms with E-state index in [1.54, 1.807) is 12.1 Å². The molecule has 0 radical (unpaired) electrons. The second-order valence-corrected chi connectivity index (χ2v) is 2.91. The Morgan fingerprint density at radius 3 is 2.69 bits per heavy atom. The van der Waals surface area contributed by atoms with E-state index in [9.17, 15) is 18.0 Å². The number of hydroxylamine groups is 2. The molecule has 0 bridgehead atoms. The zero-order chi connectivity index (χ0) is 12.2. The van der Waals surface area contributed by atoms with Crippen molar-refractivity contribution in [3.8, 4) is 0 Å². The van der Waals surface area contributed by atoms with Gasteiger partial charge in [0.15, 0.2) is 6.61 Å². The van der Waals surface area contributed by atoms with Crippen molar-refractivity contribution in [1.29, 1.82) is 0 Å². The second-order valence-electron chi connectivity index (χ2n) is 2.91. The molecule has 0 aromatic carbocycles. The van der Waals surface area contributed by atoms with Crippen LogP contribution in [0.1, 0.15) is 10.5 Å². The largest absolute Gasteiger partial charge is 0.414 e. The van der Waals surface area contributed by atoms with E-state index < -0.39 is 18.7 Å². The van der Waals surface area contributed by atoms with E-state index in [1.807, 2.05) is 0 Å². The molecule has 0 aliphatic carbocycles. The van der Waals surface area contributed by atoms with Gasteiger partial charge in [0.2, 0.25) is 0 Å². The minimum absolute atomic E-state index is 0.0205. The minimum atomic E-state index is -4.47. The number of carbonyl (C=O) groups is 1. The molecule has 7 heteroatoms. The molecule has 0 aliphatic rings. The molecule has 0 fully saturated rings. The predicted molar refractivity (Wildman–Crippen MR) is 48.3 cm³/mol. The van der Waals surface area contributed by atoms with Gasteiger partial charge in [-0.15, -0.1) is 0 Å². The Morgan fingerprint density at radius 1 is 1.50 bits per heavy atom. The minimum Gasteiger partial charge on any atom is -0.265 e. The van der Waals surface area contributed by atoms with Crippen molar-refractivity contribution in [1.82, 2.24) is 10.0 Å². The van der Waals surface area contributed by atoms with E-state index in [4.69, 9.17) is 0 Å². The average Bonchev–Trinajstić information content (AvgIpc) is 2.25. The molecule has 1 heterocycles. The van der Waals surface area contributed by atoms with Gasteiger partial charge in [-0.05, 0) is 12.1 Å². The smallest absolute Gasteiger partial charge is 0.265 e. The standard InChI is InChI=1S/C9H9F3N2O2/c1-14(16-6-9(10,11)12)8(15)7-4-2-3-5-13-7/h2-5H,6H2,1H3. The molecule has 0 spiro atoms. The molecule has 1 aromatic heterocycles. The summed E-state index contributed by atoms with van der Waals surface area (Å²) in [5, 5.41) is 0.510. The first-order valence-electron chi connectivity index (χ1n) is 4.29. The molecule has 0 atom stereocenters. The third-order valence-electron chi connectivity index (χ3n) is 1.59. The van der Waals surface area contributed by atoms with Crippen LogP contribution in [0.25, 0.3) is 0 Å². The fourth-order valence-corrected chi connectivity index (χ4v) is 0.879. The van der Waals surface area contributed by atoms with Crippen LogP contribution in [-0.2, 0) is 4.84 Å². The number of hydrogen-bond acceptors (Lipinski definition) is 3.